The first-order chi connectivity index (χ1) is 14.1. The minimum Gasteiger partial charge on any atom is -0.471 e. The molecule has 1 N–H and O–H groups in total. The molecule has 5 nitrogen and oxygen atoms in total. The van der Waals surface area contributed by atoms with Gasteiger partial charge in [0.1, 0.15) is 22.6 Å². The van der Waals surface area contributed by atoms with E-state index >= 15 is 0 Å². The van der Waals surface area contributed by atoms with Crippen LogP contribution in [-0.2, 0) is 6.61 Å². The lowest BCUT2D eigenvalue weighted by atomic mass is 10.1. The van der Waals surface area contributed by atoms with E-state index in [9.17, 15) is 5.11 Å². The molecular formula is C23H23ClN2O3. The molecule has 1 atom stereocenters. The summed E-state index contributed by atoms with van der Waals surface area (Å²) in [5, 5.41) is 10.4. The molecule has 1 aliphatic heterocycles. The lowest BCUT2D eigenvalue weighted by Gasteiger charge is -2.22. The van der Waals surface area contributed by atoms with Crippen LogP contribution in [0.2, 0.25) is 5.02 Å². The number of pyridine rings is 1. The molecule has 29 heavy (non-hydrogen) atoms. The van der Waals surface area contributed by atoms with Gasteiger partial charge in [-0.1, -0.05) is 23.7 Å². The first-order valence-electron chi connectivity index (χ1n) is 9.63. The van der Waals surface area contributed by atoms with E-state index in [-0.39, 0.29) is 12.7 Å². The normalized spacial score (nSPS) is 16.1. The van der Waals surface area contributed by atoms with E-state index in [1.54, 1.807) is 18.3 Å². The quantitative estimate of drug-likeness (QED) is 0.620. The summed E-state index contributed by atoms with van der Waals surface area (Å²) in [6.07, 6.45) is 2.53. The summed E-state index contributed by atoms with van der Waals surface area (Å²) in [5.41, 5.74) is 2.95. The number of halogens is 1. The highest BCUT2D eigenvalue weighted by atomic mass is 35.5. The molecule has 1 aromatic heterocycles. The summed E-state index contributed by atoms with van der Waals surface area (Å²) < 4.78 is 11.9. The number of hydrogen-bond donors (Lipinski definition) is 1. The van der Waals surface area contributed by atoms with E-state index in [0.29, 0.717) is 23.2 Å². The van der Waals surface area contributed by atoms with Crippen LogP contribution in [0.15, 0.2) is 60.8 Å². The highest BCUT2D eigenvalue weighted by molar-refractivity contribution is 6.31. The van der Waals surface area contributed by atoms with Crippen molar-refractivity contribution in [3.63, 3.8) is 0 Å². The zero-order valence-electron chi connectivity index (χ0n) is 16.2. The molecule has 3 aromatic rings. The molecule has 2 aromatic carbocycles. The molecular weight excluding hydrogens is 388 g/mol. The Hall–Kier alpha value is -2.76. The third-order valence-electron chi connectivity index (χ3n) is 4.94. The summed E-state index contributed by atoms with van der Waals surface area (Å²) in [6, 6.07) is 17.3. The number of anilines is 1. The van der Waals surface area contributed by atoms with Gasteiger partial charge in [0.2, 0.25) is 5.88 Å². The average molecular weight is 411 g/mol. The number of aliphatic hydroxyl groups is 1. The Morgan fingerprint density at radius 3 is 2.79 bits per heavy atom. The zero-order valence-corrected chi connectivity index (χ0v) is 17.0. The predicted molar refractivity (Wildman–Crippen MR) is 114 cm³/mol. The zero-order chi connectivity index (χ0) is 20.2. The lowest BCUT2D eigenvalue weighted by Crippen LogP contribution is -2.25. The van der Waals surface area contributed by atoms with Crippen LogP contribution in [-0.4, -0.2) is 29.3 Å². The third kappa shape index (κ3) is 4.63. The maximum Gasteiger partial charge on any atom is 0.232 e. The van der Waals surface area contributed by atoms with Crippen LogP contribution >= 0.6 is 11.6 Å². The summed E-state index contributed by atoms with van der Waals surface area (Å²) >= 11 is 6.15. The Morgan fingerprint density at radius 1 is 1.14 bits per heavy atom. The van der Waals surface area contributed by atoms with Crippen LogP contribution in [0.3, 0.4) is 0 Å². The fourth-order valence-corrected chi connectivity index (χ4v) is 3.70. The number of aromatic nitrogens is 1. The molecule has 0 bridgehead atoms. The van der Waals surface area contributed by atoms with Crippen LogP contribution in [0.1, 0.15) is 17.5 Å². The summed E-state index contributed by atoms with van der Waals surface area (Å²) in [7, 11) is 0. The molecule has 1 aliphatic rings. The van der Waals surface area contributed by atoms with Crippen molar-refractivity contribution in [3.8, 4) is 17.4 Å². The predicted octanol–water partition coefficient (Wildman–Crippen LogP) is 4.99. The van der Waals surface area contributed by atoms with Crippen molar-refractivity contribution in [2.24, 2.45) is 0 Å². The maximum absolute atomic E-state index is 9.91. The molecule has 150 valence electrons. The SMILES string of the molecule is Cc1cccc(Oc2ccc(N3CC[C@H](Oc4ncccc4Cl)C3)c(CO)c2)c1. The molecule has 0 radical (unpaired) electrons. The van der Waals surface area contributed by atoms with Gasteiger partial charge in [-0.15, -0.1) is 0 Å². The van der Waals surface area contributed by atoms with Crippen molar-refractivity contribution in [2.45, 2.75) is 26.1 Å². The smallest absolute Gasteiger partial charge is 0.232 e. The molecule has 0 aliphatic carbocycles. The highest BCUT2D eigenvalue weighted by Gasteiger charge is 2.26. The Bertz CT molecular complexity index is 995. The second-order valence-electron chi connectivity index (χ2n) is 7.13. The first-order valence-corrected chi connectivity index (χ1v) is 10.0. The minimum atomic E-state index is -0.0611. The summed E-state index contributed by atoms with van der Waals surface area (Å²) in [6.45, 7) is 3.51. The van der Waals surface area contributed by atoms with Crippen molar-refractivity contribution in [2.75, 3.05) is 18.0 Å². The Morgan fingerprint density at radius 2 is 2.00 bits per heavy atom. The summed E-state index contributed by atoms with van der Waals surface area (Å²) in [4.78, 5) is 6.41. The fraction of sp³-hybridized carbons (Fsp3) is 0.261. The van der Waals surface area contributed by atoms with Crippen molar-refractivity contribution in [3.05, 3.63) is 76.9 Å². The molecule has 0 amide bonds. The van der Waals surface area contributed by atoms with Gasteiger partial charge in [-0.05, 0) is 55.0 Å². The van der Waals surface area contributed by atoms with Crippen LogP contribution in [0.4, 0.5) is 5.69 Å². The monoisotopic (exact) mass is 410 g/mol. The Balaban J connectivity index is 1.46. The van der Waals surface area contributed by atoms with Crippen molar-refractivity contribution < 1.29 is 14.6 Å². The molecule has 2 heterocycles. The molecule has 4 rings (SSSR count). The van der Waals surface area contributed by atoms with Gasteiger partial charge in [0, 0.05) is 30.4 Å². The second kappa shape index (κ2) is 8.72. The highest BCUT2D eigenvalue weighted by Crippen LogP contribution is 2.32. The molecule has 0 unspecified atom stereocenters. The number of ether oxygens (including phenoxy) is 2. The number of benzene rings is 2. The number of rotatable bonds is 6. The largest absolute Gasteiger partial charge is 0.471 e. The molecule has 6 heteroatoms. The van der Waals surface area contributed by atoms with Crippen molar-refractivity contribution in [1.82, 2.24) is 4.98 Å². The first kappa shape index (κ1) is 19.6. The van der Waals surface area contributed by atoms with Gasteiger partial charge in [-0.25, -0.2) is 4.98 Å². The van der Waals surface area contributed by atoms with E-state index in [0.717, 1.165) is 35.5 Å². The Labute approximate surface area is 175 Å². The van der Waals surface area contributed by atoms with Gasteiger partial charge >= 0.3 is 0 Å². The number of hydrogen-bond acceptors (Lipinski definition) is 5. The molecule has 0 saturated carbocycles. The van der Waals surface area contributed by atoms with Gasteiger partial charge in [0.15, 0.2) is 0 Å². The average Bonchev–Trinajstić information content (AvgIpc) is 3.18. The van der Waals surface area contributed by atoms with E-state index in [4.69, 9.17) is 21.1 Å². The lowest BCUT2D eigenvalue weighted by molar-refractivity contribution is 0.216. The van der Waals surface area contributed by atoms with E-state index < -0.39 is 0 Å². The molecule has 1 fully saturated rings. The van der Waals surface area contributed by atoms with Gasteiger partial charge in [-0.3, -0.25) is 0 Å². The van der Waals surface area contributed by atoms with Gasteiger partial charge < -0.3 is 19.5 Å². The third-order valence-corrected chi connectivity index (χ3v) is 5.22. The van der Waals surface area contributed by atoms with E-state index in [2.05, 4.69) is 9.88 Å². The minimum absolute atomic E-state index is 0.00263. The van der Waals surface area contributed by atoms with Gasteiger partial charge in [-0.2, -0.15) is 0 Å². The molecule has 0 spiro atoms. The molecule has 1 saturated heterocycles. The van der Waals surface area contributed by atoms with Gasteiger partial charge in [0.05, 0.1) is 13.2 Å². The van der Waals surface area contributed by atoms with Crippen molar-refractivity contribution >= 4 is 17.3 Å². The van der Waals surface area contributed by atoms with Crippen LogP contribution in [0, 0.1) is 6.92 Å². The van der Waals surface area contributed by atoms with Crippen LogP contribution in [0.5, 0.6) is 17.4 Å². The maximum atomic E-state index is 9.91. The van der Waals surface area contributed by atoms with E-state index in [1.807, 2.05) is 49.4 Å². The van der Waals surface area contributed by atoms with Crippen molar-refractivity contribution in [1.29, 1.82) is 0 Å². The Kier molecular flexibility index (Phi) is 5.88. The van der Waals surface area contributed by atoms with Crippen LogP contribution < -0.4 is 14.4 Å². The topological polar surface area (TPSA) is 54.8 Å². The number of aliphatic hydroxyl groups excluding tert-OH is 1. The summed E-state index contributed by atoms with van der Waals surface area (Å²) in [5.74, 6) is 1.95. The second-order valence-corrected chi connectivity index (χ2v) is 7.54. The fourth-order valence-electron chi connectivity index (χ4n) is 3.53. The van der Waals surface area contributed by atoms with E-state index in [1.165, 1.54) is 0 Å². The number of nitrogens with zero attached hydrogens (tertiary/aromatic N) is 2. The standard InChI is InChI=1S/C23H23ClN2O3/c1-16-4-2-5-18(12-16)28-19-7-8-22(17(13-19)15-27)26-11-9-20(14-26)29-23-21(24)6-3-10-25-23/h2-8,10,12-13,20,27H,9,11,14-15H2,1H3/t20-/m0/s1. The van der Waals surface area contributed by atoms with Gasteiger partial charge in [0.25, 0.3) is 0 Å². The van der Waals surface area contributed by atoms with Crippen LogP contribution in [0.25, 0.3) is 0 Å². The number of aryl methyl sites for hydroxylation is 1.